The van der Waals surface area contributed by atoms with Crippen LogP contribution in [-0.2, 0) is 33.2 Å². The molecule has 4 fully saturated rings. The minimum atomic E-state index is -3.72. The first-order valence-electron chi connectivity index (χ1n) is 19.5. The van der Waals surface area contributed by atoms with Crippen molar-refractivity contribution in [1.29, 1.82) is 0 Å². The maximum absolute atomic E-state index is 13.9. The summed E-state index contributed by atoms with van der Waals surface area (Å²) >= 11 is 0. The van der Waals surface area contributed by atoms with E-state index in [2.05, 4.69) is 20.5 Å². The van der Waals surface area contributed by atoms with Crippen molar-refractivity contribution in [3.8, 4) is 0 Å². The number of fused-ring (bicyclic) bond motifs is 2. The number of hydrogen-bond donors (Lipinski definition) is 2. The number of hydrogen-bond acceptors (Lipinski definition) is 10. The number of likely N-dealkylation sites (tertiary alicyclic amines) is 1. The van der Waals surface area contributed by atoms with Crippen LogP contribution >= 0.6 is 0 Å². The van der Waals surface area contributed by atoms with Crippen LogP contribution in [0.25, 0.3) is 22.1 Å². The number of para-hydroxylation sites is 1. The molecule has 3 saturated heterocycles. The van der Waals surface area contributed by atoms with Gasteiger partial charge in [-0.2, -0.15) is 9.29 Å². The summed E-state index contributed by atoms with van der Waals surface area (Å²) in [5.41, 5.74) is 3.69. The molecular weight excluding hydrogens is 735 g/mol. The van der Waals surface area contributed by atoms with E-state index in [1.54, 1.807) is 52.4 Å². The van der Waals surface area contributed by atoms with Crippen molar-refractivity contribution >= 4 is 49.9 Å². The van der Waals surface area contributed by atoms with Crippen LogP contribution in [-0.4, -0.2) is 85.3 Å². The number of rotatable bonds is 9. The van der Waals surface area contributed by atoms with Crippen molar-refractivity contribution < 1.29 is 18.0 Å². The fourth-order valence-corrected chi connectivity index (χ4v) is 10.7. The number of nitrogens with zero attached hydrogens (tertiary/aromatic N) is 7. The SMILES string of the molecule is Cn1c(=O)n(C2CCC(=O)NC2=O)c2cccc(C3CN(Cc4cccc(S(=O)(=O)N5CCC(Nc6ncc7ccc(=O)n(C8CCCC8)c7n6)CC5)c4)C3)c21. The van der Waals surface area contributed by atoms with Crippen LogP contribution in [0.3, 0.4) is 0 Å². The summed E-state index contributed by atoms with van der Waals surface area (Å²) in [6, 6.07) is 15.7. The second-order valence-corrected chi connectivity index (χ2v) is 17.6. The highest BCUT2D eigenvalue weighted by Crippen LogP contribution is 2.35. The number of imide groups is 1. The van der Waals surface area contributed by atoms with E-state index < -0.39 is 22.0 Å². The molecule has 1 saturated carbocycles. The van der Waals surface area contributed by atoms with Crippen molar-refractivity contribution in [3.05, 3.63) is 92.8 Å². The Morgan fingerprint density at radius 2 is 1.66 bits per heavy atom. The zero-order valence-corrected chi connectivity index (χ0v) is 32.1. The van der Waals surface area contributed by atoms with Gasteiger partial charge in [-0.3, -0.25) is 38.3 Å². The molecule has 0 spiro atoms. The Bertz CT molecular complexity index is 2600. The average molecular weight is 780 g/mol. The molecule has 56 heavy (non-hydrogen) atoms. The summed E-state index contributed by atoms with van der Waals surface area (Å²) in [6.45, 7) is 2.76. The van der Waals surface area contributed by atoms with Gasteiger partial charge in [-0.05, 0) is 67.5 Å². The number of aryl methyl sites for hydroxylation is 1. The molecule has 2 N–H and O–H groups in total. The van der Waals surface area contributed by atoms with Crippen LogP contribution < -0.4 is 21.9 Å². The fourth-order valence-electron chi connectivity index (χ4n) is 9.18. The number of imidazole rings is 1. The Morgan fingerprint density at radius 1 is 0.893 bits per heavy atom. The standard InChI is InChI=1S/C40H45N9O6S/c1-45-36-31(10-5-11-32(36)49(40(45)53)33-13-14-34(50)43-38(33)52)27-23-46(24-27)22-25-6-4-9-30(20-25)56(54,55)47-18-16-28(17-19-47)42-39-41-21-26-12-15-35(51)48(37(26)44-39)29-7-2-3-8-29/h4-6,9-12,15,20-21,27-29,33H,2-3,7-8,13-14,16-19,22-24H2,1H3,(H,41,42,44)(H,43,50,52). The quantitative estimate of drug-likeness (QED) is 0.211. The molecule has 2 amide bonds. The number of carbonyl (C=O) groups is 2. The molecule has 1 aliphatic carbocycles. The number of anilines is 1. The van der Waals surface area contributed by atoms with Crippen LogP contribution in [0.15, 0.2) is 75.3 Å². The molecular formula is C40H45N9O6S. The van der Waals surface area contributed by atoms with Crippen LogP contribution in [0.2, 0.25) is 0 Å². The third kappa shape index (κ3) is 6.52. The lowest BCUT2D eigenvalue weighted by Crippen LogP contribution is -2.44. The smallest absolute Gasteiger partial charge is 0.329 e. The summed E-state index contributed by atoms with van der Waals surface area (Å²) in [7, 11) is -2.00. The van der Waals surface area contributed by atoms with Crippen molar-refractivity contribution in [2.75, 3.05) is 31.5 Å². The lowest BCUT2D eigenvalue weighted by Gasteiger charge is -2.40. The predicted molar refractivity (Wildman–Crippen MR) is 210 cm³/mol. The van der Waals surface area contributed by atoms with Gasteiger partial charge in [0.2, 0.25) is 27.8 Å². The Morgan fingerprint density at radius 3 is 2.43 bits per heavy atom. The molecule has 6 heterocycles. The van der Waals surface area contributed by atoms with Gasteiger partial charge in [-0.25, -0.2) is 18.2 Å². The predicted octanol–water partition coefficient (Wildman–Crippen LogP) is 3.40. The topological polar surface area (TPSA) is 174 Å². The van der Waals surface area contributed by atoms with E-state index in [1.165, 1.54) is 4.57 Å². The molecule has 16 heteroatoms. The second kappa shape index (κ2) is 14.4. The number of aromatic nitrogens is 5. The first-order valence-corrected chi connectivity index (χ1v) is 21.0. The van der Waals surface area contributed by atoms with E-state index in [-0.39, 0.29) is 52.9 Å². The highest BCUT2D eigenvalue weighted by atomic mass is 32.2. The fraction of sp³-hybridized carbons (Fsp3) is 0.450. The van der Waals surface area contributed by atoms with E-state index >= 15 is 0 Å². The van der Waals surface area contributed by atoms with Crippen LogP contribution in [0.4, 0.5) is 5.95 Å². The van der Waals surface area contributed by atoms with Gasteiger partial charge in [0, 0.05) is 81.8 Å². The van der Waals surface area contributed by atoms with Crippen LogP contribution in [0.5, 0.6) is 0 Å². The largest absolute Gasteiger partial charge is 0.351 e. The molecule has 1 atom stereocenters. The number of benzene rings is 2. The molecule has 5 aromatic rings. The molecule has 4 aliphatic rings. The third-order valence-corrected chi connectivity index (χ3v) is 14.0. The van der Waals surface area contributed by atoms with Gasteiger partial charge in [-0.1, -0.05) is 37.1 Å². The van der Waals surface area contributed by atoms with Crippen molar-refractivity contribution in [2.45, 2.75) is 86.9 Å². The van der Waals surface area contributed by atoms with Gasteiger partial charge in [-0.15, -0.1) is 0 Å². The monoisotopic (exact) mass is 779 g/mol. The van der Waals surface area contributed by atoms with Crippen molar-refractivity contribution in [1.82, 2.24) is 38.2 Å². The van der Waals surface area contributed by atoms with E-state index in [1.807, 2.05) is 28.8 Å². The molecule has 9 rings (SSSR count). The van der Waals surface area contributed by atoms with E-state index in [9.17, 15) is 27.6 Å². The normalized spacial score (nSPS) is 20.8. The zero-order valence-electron chi connectivity index (χ0n) is 31.3. The highest BCUT2D eigenvalue weighted by molar-refractivity contribution is 7.89. The Balaban J connectivity index is 0.834. The van der Waals surface area contributed by atoms with Crippen LogP contribution in [0.1, 0.15) is 80.5 Å². The average Bonchev–Trinajstić information content (AvgIpc) is 3.79. The van der Waals surface area contributed by atoms with Crippen molar-refractivity contribution in [2.24, 2.45) is 7.05 Å². The maximum Gasteiger partial charge on any atom is 0.329 e. The zero-order chi connectivity index (χ0) is 38.7. The van der Waals surface area contributed by atoms with E-state index in [4.69, 9.17) is 4.98 Å². The number of piperidine rings is 2. The molecule has 0 radical (unpaired) electrons. The minimum Gasteiger partial charge on any atom is -0.351 e. The summed E-state index contributed by atoms with van der Waals surface area (Å²) in [5, 5.41) is 6.59. The van der Waals surface area contributed by atoms with Gasteiger partial charge < -0.3 is 5.32 Å². The summed E-state index contributed by atoms with van der Waals surface area (Å²) in [5.74, 6) is -0.180. The number of carbonyl (C=O) groups excluding carboxylic acids is 2. The number of nitrogens with one attached hydrogen (secondary N) is 2. The Kier molecular flexibility index (Phi) is 9.37. The first kappa shape index (κ1) is 36.4. The highest BCUT2D eigenvalue weighted by Gasteiger charge is 2.35. The first-order chi connectivity index (χ1) is 27.0. The molecule has 1 unspecified atom stereocenters. The number of amides is 2. The molecule has 3 aliphatic heterocycles. The van der Waals surface area contributed by atoms with E-state index in [0.717, 1.165) is 60.8 Å². The van der Waals surface area contributed by atoms with Crippen molar-refractivity contribution in [3.63, 3.8) is 0 Å². The molecule has 2 aromatic carbocycles. The summed E-state index contributed by atoms with van der Waals surface area (Å²) in [6.07, 6.45) is 7.53. The molecule has 15 nitrogen and oxygen atoms in total. The van der Waals surface area contributed by atoms with Gasteiger partial charge in [0.1, 0.15) is 11.7 Å². The molecule has 292 valence electrons. The van der Waals surface area contributed by atoms with Gasteiger partial charge in [0.05, 0.1) is 15.9 Å². The molecule has 3 aromatic heterocycles. The number of pyridine rings is 1. The summed E-state index contributed by atoms with van der Waals surface area (Å²) < 4.78 is 34.2. The lowest BCUT2D eigenvalue weighted by atomic mass is 9.90. The van der Waals surface area contributed by atoms with Crippen LogP contribution in [0, 0.1) is 0 Å². The minimum absolute atomic E-state index is 0.00998. The third-order valence-electron chi connectivity index (χ3n) is 12.1. The van der Waals surface area contributed by atoms with Gasteiger partial charge in [0.25, 0.3) is 5.56 Å². The number of sulfonamides is 1. The Hall–Kier alpha value is -5.19. The van der Waals surface area contributed by atoms with Gasteiger partial charge in [0.15, 0.2) is 0 Å². The molecule has 0 bridgehead atoms. The maximum atomic E-state index is 13.9. The van der Waals surface area contributed by atoms with E-state index in [0.29, 0.717) is 49.6 Å². The lowest BCUT2D eigenvalue weighted by molar-refractivity contribution is -0.135. The summed E-state index contributed by atoms with van der Waals surface area (Å²) in [4.78, 5) is 62.5. The second-order valence-electron chi connectivity index (χ2n) is 15.7. The Labute approximate surface area is 323 Å². The van der Waals surface area contributed by atoms with Gasteiger partial charge >= 0.3 is 5.69 Å².